The maximum absolute atomic E-state index is 14.8. The van der Waals surface area contributed by atoms with Crippen LogP contribution >= 0.6 is 0 Å². The monoisotopic (exact) mass is 462 g/mol. The largest absolute Gasteiger partial charge is 0.373 e. The van der Waals surface area contributed by atoms with Crippen molar-refractivity contribution in [1.29, 1.82) is 0 Å². The van der Waals surface area contributed by atoms with Crippen molar-refractivity contribution in [3.05, 3.63) is 87.4 Å². The van der Waals surface area contributed by atoms with Gasteiger partial charge in [-0.2, -0.15) is 0 Å². The topological polar surface area (TPSA) is 69.9 Å². The third-order valence-electron chi connectivity index (χ3n) is 6.49. The maximum atomic E-state index is 14.8. The second-order valence-electron chi connectivity index (χ2n) is 8.75. The highest BCUT2D eigenvalue weighted by molar-refractivity contribution is 5.92. The standard InChI is InChI=1S/C26H24F2N4O2/c1-14-10-17(6-8-29-14)23-11-16(7-9-34-23)21-13-22-24(26(33)32(3)15(2)30-22)25(31-21)19-5-4-18(27)12-20(19)28/h4-6,8,10,12-13,16,23H,7,9,11H2,1-3H3. The van der Waals surface area contributed by atoms with Gasteiger partial charge in [-0.25, -0.2) is 13.8 Å². The van der Waals surface area contributed by atoms with Gasteiger partial charge in [0.05, 0.1) is 22.7 Å². The summed E-state index contributed by atoms with van der Waals surface area (Å²) in [5.74, 6) is -0.906. The van der Waals surface area contributed by atoms with Crippen LogP contribution in [-0.4, -0.2) is 26.1 Å². The van der Waals surface area contributed by atoms with Crippen molar-refractivity contribution in [2.45, 2.75) is 38.7 Å². The van der Waals surface area contributed by atoms with Crippen LogP contribution in [0.25, 0.3) is 22.2 Å². The van der Waals surface area contributed by atoms with Gasteiger partial charge in [0.25, 0.3) is 5.56 Å². The van der Waals surface area contributed by atoms with E-state index in [0.29, 0.717) is 30.1 Å². The summed E-state index contributed by atoms with van der Waals surface area (Å²) in [6.07, 6.45) is 3.05. The Morgan fingerprint density at radius 1 is 1.09 bits per heavy atom. The highest BCUT2D eigenvalue weighted by atomic mass is 19.1. The van der Waals surface area contributed by atoms with E-state index in [9.17, 15) is 13.6 Å². The smallest absolute Gasteiger partial charge is 0.263 e. The van der Waals surface area contributed by atoms with Gasteiger partial charge in [-0.1, -0.05) is 0 Å². The van der Waals surface area contributed by atoms with Crippen LogP contribution in [0.4, 0.5) is 8.78 Å². The fraction of sp³-hybridized carbons (Fsp3) is 0.308. The van der Waals surface area contributed by atoms with E-state index in [4.69, 9.17) is 9.72 Å². The van der Waals surface area contributed by atoms with E-state index >= 15 is 0 Å². The minimum Gasteiger partial charge on any atom is -0.373 e. The van der Waals surface area contributed by atoms with Crippen molar-refractivity contribution in [2.24, 2.45) is 7.05 Å². The number of halogens is 2. The van der Waals surface area contributed by atoms with E-state index in [-0.39, 0.29) is 34.2 Å². The van der Waals surface area contributed by atoms with Crippen LogP contribution in [0.5, 0.6) is 0 Å². The van der Waals surface area contributed by atoms with Crippen molar-refractivity contribution in [3.63, 3.8) is 0 Å². The lowest BCUT2D eigenvalue weighted by Gasteiger charge is -2.30. The minimum absolute atomic E-state index is 0.0186. The second-order valence-corrected chi connectivity index (χ2v) is 8.75. The number of aromatic nitrogens is 4. The predicted molar refractivity (Wildman–Crippen MR) is 125 cm³/mol. The summed E-state index contributed by atoms with van der Waals surface area (Å²) in [6, 6.07) is 9.07. The predicted octanol–water partition coefficient (Wildman–Crippen LogP) is 4.92. The molecule has 0 bridgehead atoms. The average molecular weight is 463 g/mol. The normalized spacial score (nSPS) is 18.4. The number of ether oxygens (including phenoxy) is 1. The molecular weight excluding hydrogens is 438 g/mol. The lowest BCUT2D eigenvalue weighted by molar-refractivity contribution is 0.00460. The first-order valence-corrected chi connectivity index (χ1v) is 11.2. The SMILES string of the molecule is Cc1cc(C2CC(c3cc4nc(C)n(C)c(=O)c4c(-c4ccc(F)cc4F)n3)CCO2)ccn1. The van der Waals surface area contributed by atoms with Crippen molar-refractivity contribution in [3.8, 4) is 11.3 Å². The van der Waals surface area contributed by atoms with Gasteiger partial charge in [-0.3, -0.25) is 19.3 Å². The molecule has 1 fully saturated rings. The van der Waals surface area contributed by atoms with Crippen molar-refractivity contribution >= 4 is 10.9 Å². The summed E-state index contributed by atoms with van der Waals surface area (Å²) in [7, 11) is 1.61. The molecule has 3 aromatic heterocycles. The zero-order valence-electron chi connectivity index (χ0n) is 19.2. The number of fused-ring (bicyclic) bond motifs is 1. The number of pyridine rings is 2. The Hall–Kier alpha value is -3.52. The third kappa shape index (κ3) is 3.98. The van der Waals surface area contributed by atoms with Crippen LogP contribution < -0.4 is 5.56 Å². The maximum Gasteiger partial charge on any atom is 0.263 e. The van der Waals surface area contributed by atoms with Crippen LogP contribution in [0.15, 0.2) is 47.4 Å². The van der Waals surface area contributed by atoms with E-state index < -0.39 is 11.6 Å². The molecule has 34 heavy (non-hydrogen) atoms. The summed E-state index contributed by atoms with van der Waals surface area (Å²) < 4.78 is 35.9. The van der Waals surface area contributed by atoms with Gasteiger partial charge in [0.1, 0.15) is 17.5 Å². The molecular formula is C26H24F2N4O2. The molecule has 1 saturated heterocycles. The first kappa shape index (κ1) is 22.3. The van der Waals surface area contributed by atoms with Crippen molar-refractivity contribution in [2.75, 3.05) is 6.61 Å². The highest BCUT2D eigenvalue weighted by Crippen LogP contribution is 2.39. The zero-order chi connectivity index (χ0) is 24.0. The molecule has 1 aliphatic heterocycles. The Labute approximate surface area is 195 Å². The van der Waals surface area contributed by atoms with E-state index in [1.807, 2.05) is 25.1 Å². The molecule has 1 aliphatic rings. The Kier molecular flexibility index (Phi) is 5.69. The molecule has 0 amide bonds. The van der Waals surface area contributed by atoms with E-state index in [1.165, 1.54) is 16.7 Å². The fourth-order valence-electron chi connectivity index (χ4n) is 4.56. The molecule has 0 radical (unpaired) electrons. The minimum atomic E-state index is -0.773. The van der Waals surface area contributed by atoms with Crippen LogP contribution in [0.1, 0.15) is 47.6 Å². The van der Waals surface area contributed by atoms with Crippen LogP contribution in [-0.2, 0) is 11.8 Å². The van der Waals surface area contributed by atoms with Crippen LogP contribution in [0.3, 0.4) is 0 Å². The van der Waals surface area contributed by atoms with E-state index in [1.54, 1.807) is 20.2 Å². The highest BCUT2D eigenvalue weighted by Gasteiger charge is 2.28. The van der Waals surface area contributed by atoms with Gasteiger partial charge in [0.2, 0.25) is 0 Å². The Bertz CT molecular complexity index is 1470. The van der Waals surface area contributed by atoms with Crippen LogP contribution in [0, 0.1) is 25.5 Å². The van der Waals surface area contributed by atoms with E-state index in [0.717, 1.165) is 23.7 Å². The number of benzene rings is 1. The van der Waals surface area contributed by atoms with Crippen LogP contribution in [0.2, 0.25) is 0 Å². The molecule has 4 aromatic rings. The number of nitrogens with zero attached hydrogens (tertiary/aromatic N) is 4. The van der Waals surface area contributed by atoms with Crippen molar-refractivity contribution in [1.82, 2.24) is 19.5 Å². The molecule has 0 saturated carbocycles. The summed E-state index contributed by atoms with van der Waals surface area (Å²) in [5.41, 5.74) is 3.06. The quantitative estimate of drug-likeness (QED) is 0.432. The second kappa shape index (κ2) is 8.68. The van der Waals surface area contributed by atoms with Gasteiger partial charge in [0, 0.05) is 48.8 Å². The summed E-state index contributed by atoms with van der Waals surface area (Å²) in [4.78, 5) is 26.8. The molecule has 6 nitrogen and oxygen atoms in total. The van der Waals surface area contributed by atoms with Gasteiger partial charge < -0.3 is 4.74 Å². The Morgan fingerprint density at radius 3 is 2.68 bits per heavy atom. The summed E-state index contributed by atoms with van der Waals surface area (Å²) in [5, 5.41) is 0.218. The molecule has 174 valence electrons. The number of aryl methyl sites for hydroxylation is 2. The van der Waals surface area contributed by atoms with Gasteiger partial charge in [0.15, 0.2) is 0 Å². The van der Waals surface area contributed by atoms with E-state index in [2.05, 4.69) is 9.97 Å². The fourth-order valence-corrected chi connectivity index (χ4v) is 4.56. The first-order chi connectivity index (χ1) is 16.3. The third-order valence-corrected chi connectivity index (χ3v) is 6.49. The average Bonchev–Trinajstić information content (AvgIpc) is 2.82. The summed E-state index contributed by atoms with van der Waals surface area (Å²) in [6.45, 7) is 4.22. The summed E-state index contributed by atoms with van der Waals surface area (Å²) >= 11 is 0. The molecule has 0 aliphatic carbocycles. The molecule has 0 spiro atoms. The first-order valence-electron chi connectivity index (χ1n) is 11.2. The molecule has 4 heterocycles. The van der Waals surface area contributed by atoms with Crippen molar-refractivity contribution < 1.29 is 13.5 Å². The molecule has 2 unspecified atom stereocenters. The molecule has 5 rings (SSSR count). The molecule has 1 aromatic carbocycles. The van der Waals surface area contributed by atoms with Gasteiger partial charge in [-0.15, -0.1) is 0 Å². The zero-order valence-corrected chi connectivity index (χ0v) is 19.2. The molecule has 2 atom stereocenters. The lowest BCUT2D eigenvalue weighted by atomic mass is 9.88. The Balaban J connectivity index is 1.66. The van der Waals surface area contributed by atoms with Gasteiger partial charge >= 0.3 is 0 Å². The number of rotatable bonds is 3. The number of hydrogen-bond donors (Lipinski definition) is 0. The lowest BCUT2D eigenvalue weighted by Crippen LogP contribution is -2.23. The molecule has 0 N–H and O–H groups in total. The van der Waals surface area contributed by atoms with Gasteiger partial charge in [-0.05, 0) is 62.6 Å². The number of hydrogen-bond acceptors (Lipinski definition) is 5. The molecule has 8 heteroatoms. The Morgan fingerprint density at radius 2 is 1.91 bits per heavy atom.